The van der Waals surface area contributed by atoms with Crippen LogP contribution in [0.4, 0.5) is 4.79 Å². The fraction of sp³-hybridized carbons (Fsp3) is 0.778. The predicted octanol–water partition coefficient (Wildman–Crippen LogP) is 4.62. The summed E-state index contributed by atoms with van der Waals surface area (Å²) in [4.78, 5) is 29.9. The van der Waals surface area contributed by atoms with Crippen LogP contribution in [0.15, 0.2) is 36.0 Å². The Bertz CT molecular complexity index is 1080. The standard InChI is InChI=1S/C36H60N2O8/c1-9-29(40)26(5)34-30(44-34)21-23(2)11-10-12-24(3)33-25(4)13-14-31(36(6,43)18-15-28(39)22-32(41)46-33)45-35(42)38(8)27-16-19-37(7)20-17-27/h10-14,23,25-31,33-34,39-40,43H,9,15-22H2,1-8H3/b11-10+,14-13-,24-12+. The Kier molecular flexibility index (Phi) is 14.3. The fourth-order valence-corrected chi connectivity index (χ4v) is 6.51. The molecule has 10 heteroatoms. The first-order valence-electron chi connectivity index (χ1n) is 17.2. The largest absolute Gasteiger partial charge is 0.457 e. The third-order valence-corrected chi connectivity index (χ3v) is 10.1. The number of allylic oxidation sites excluding steroid dienone is 3. The summed E-state index contributed by atoms with van der Waals surface area (Å²) < 4.78 is 17.7. The van der Waals surface area contributed by atoms with Gasteiger partial charge in [0.25, 0.3) is 0 Å². The van der Waals surface area contributed by atoms with Gasteiger partial charge in [-0.05, 0) is 90.1 Å². The van der Waals surface area contributed by atoms with Crippen molar-refractivity contribution in [3.05, 3.63) is 36.0 Å². The third kappa shape index (κ3) is 11.2. The van der Waals surface area contributed by atoms with Crippen molar-refractivity contribution in [3.8, 4) is 0 Å². The molecule has 0 aromatic carbocycles. The Labute approximate surface area is 276 Å². The zero-order valence-electron chi connectivity index (χ0n) is 29.3. The number of esters is 1. The molecule has 10 atom stereocenters. The van der Waals surface area contributed by atoms with E-state index in [-0.39, 0.29) is 61.4 Å². The molecular formula is C36H60N2O8. The minimum absolute atomic E-state index is 0.0627. The first kappa shape index (κ1) is 38.2. The van der Waals surface area contributed by atoms with Gasteiger partial charge in [-0.25, -0.2) is 4.79 Å². The monoisotopic (exact) mass is 648 g/mol. The van der Waals surface area contributed by atoms with Crippen molar-refractivity contribution < 1.29 is 39.1 Å². The lowest BCUT2D eigenvalue weighted by atomic mass is 9.88. The summed E-state index contributed by atoms with van der Waals surface area (Å²) in [6, 6.07) is 0.0627. The number of amides is 1. The van der Waals surface area contributed by atoms with Crippen molar-refractivity contribution in [2.45, 2.75) is 135 Å². The molecule has 0 aromatic heterocycles. The summed E-state index contributed by atoms with van der Waals surface area (Å²) in [6.07, 6.45) is 9.68. The van der Waals surface area contributed by atoms with E-state index in [4.69, 9.17) is 14.2 Å². The Balaban J connectivity index is 1.71. The van der Waals surface area contributed by atoms with Crippen LogP contribution in [-0.4, -0.2) is 113 Å². The Hall–Kier alpha value is -2.24. The number of likely N-dealkylation sites (tertiary alicyclic amines) is 1. The normalized spacial score (nSPS) is 34.9. The van der Waals surface area contributed by atoms with E-state index in [2.05, 4.69) is 24.9 Å². The van der Waals surface area contributed by atoms with Gasteiger partial charge in [0.05, 0.1) is 30.8 Å². The molecule has 2 fully saturated rings. The molecule has 3 aliphatic rings. The van der Waals surface area contributed by atoms with Crippen molar-refractivity contribution >= 4 is 12.1 Å². The maximum absolute atomic E-state index is 13.2. The van der Waals surface area contributed by atoms with Gasteiger partial charge in [-0.3, -0.25) is 4.79 Å². The van der Waals surface area contributed by atoms with Gasteiger partial charge in [0.15, 0.2) is 6.10 Å². The number of hydrogen-bond acceptors (Lipinski definition) is 9. The van der Waals surface area contributed by atoms with Gasteiger partial charge in [-0.2, -0.15) is 0 Å². The van der Waals surface area contributed by atoms with E-state index in [0.717, 1.165) is 37.9 Å². The van der Waals surface area contributed by atoms with Crippen LogP contribution < -0.4 is 0 Å². The molecule has 1 amide bonds. The zero-order chi connectivity index (χ0) is 34.2. The first-order chi connectivity index (χ1) is 21.6. The maximum atomic E-state index is 13.2. The summed E-state index contributed by atoms with van der Waals surface area (Å²) in [5.41, 5.74) is -0.637. The van der Waals surface area contributed by atoms with Gasteiger partial charge in [-0.1, -0.05) is 52.0 Å². The van der Waals surface area contributed by atoms with Gasteiger partial charge in [0.1, 0.15) is 11.7 Å². The van der Waals surface area contributed by atoms with Gasteiger partial charge < -0.3 is 39.3 Å². The molecule has 0 spiro atoms. The van der Waals surface area contributed by atoms with Crippen LogP contribution in [0.2, 0.25) is 0 Å². The minimum atomic E-state index is -1.46. The summed E-state index contributed by atoms with van der Waals surface area (Å²) in [5.74, 6) is -0.449. The molecule has 3 heterocycles. The number of ether oxygens (including phenoxy) is 3. The number of piperidine rings is 1. The molecule has 262 valence electrons. The third-order valence-electron chi connectivity index (χ3n) is 10.1. The van der Waals surface area contributed by atoms with E-state index < -0.39 is 36.0 Å². The summed E-state index contributed by atoms with van der Waals surface area (Å²) in [6.45, 7) is 13.3. The lowest BCUT2D eigenvalue weighted by Gasteiger charge is -2.37. The Morgan fingerprint density at radius 3 is 2.57 bits per heavy atom. The van der Waals surface area contributed by atoms with Crippen LogP contribution in [0.1, 0.15) is 86.5 Å². The Morgan fingerprint density at radius 1 is 1.24 bits per heavy atom. The molecule has 3 N–H and O–H groups in total. The zero-order valence-corrected chi connectivity index (χ0v) is 29.3. The van der Waals surface area contributed by atoms with Crippen molar-refractivity contribution in [2.24, 2.45) is 17.8 Å². The molecule has 2 saturated heterocycles. The molecular weight excluding hydrogens is 588 g/mol. The summed E-state index contributed by atoms with van der Waals surface area (Å²) in [5, 5.41) is 32.2. The van der Waals surface area contributed by atoms with Crippen molar-refractivity contribution in [1.29, 1.82) is 0 Å². The van der Waals surface area contributed by atoms with Gasteiger partial charge in [0, 0.05) is 24.9 Å². The van der Waals surface area contributed by atoms with E-state index in [0.29, 0.717) is 6.42 Å². The SMILES string of the molecule is CCC(O)C(C)C1OC1CC(C)/C=C/C=C(\C)C1OC(=O)CC(O)CCC(C)(O)C(OC(=O)N(C)C2CCN(C)CC2)/C=C\C1C. The average molecular weight is 649 g/mol. The molecule has 46 heavy (non-hydrogen) atoms. The number of epoxide rings is 1. The lowest BCUT2D eigenvalue weighted by Crippen LogP contribution is -2.48. The molecule has 0 bridgehead atoms. The van der Waals surface area contributed by atoms with E-state index in [9.17, 15) is 24.9 Å². The molecule has 0 saturated carbocycles. The van der Waals surface area contributed by atoms with Gasteiger partial charge in [0.2, 0.25) is 0 Å². The highest BCUT2D eigenvalue weighted by Gasteiger charge is 2.45. The highest BCUT2D eigenvalue weighted by Crippen LogP contribution is 2.36. The van der Waals surface area contributed by atoms with Crippen molar-refractivity contribution in [2.75, 3.05) is 27.2 Å². The Morgan fingerprint density at radius 2 is 1.91 bits per heavy atom. The van der Waals surface area contributed by atoms with Crippen LogP contribution in [0.5, 0.6) is 0 Å². The topological polar surface area (TPSA) is 132 Å². The molecule has 10 unspecified atom stereocenters. The van der Waals surface area contributed by atoms with Crippen LogP contribution in [0.25, 0.3) is 0 Å². The molecule has 0 radical (unpaired) electrons. The van der Waals surface area contributed by atoms with E-state index in [1.165, 1.54) is 0 Å². The van der Waals surface area contributed by atoms with Crippen LogP contribution in [-0.2, 0) is 19.0 Å². The second-order valence-electron chi connectivity index (χ2n) is 14.3. The number of aliphatic hydroxyl groups excluding tert-OH is 2. The summed E-state index contributed by atoms with van der Waals surface area (Å²) in [7, 11) is 3.81. The summed E-state index contributed by atoms with van der Waals surface area (Å²) >= 11 is 0. The quantitative estimate of drug-likeness (QED) is 0.134. The first-order valence-corrected chi connectivity index (χ1v) is 17.2. The number of carbonyl (C=O) groups is 2. The van der Waals surface area contributed by atoms with E-state index >= 15 is 0 Å². The number of cyclic esters (lactones) is 1. The smallest absolute Gasteiger partial charge is 0.410 e. The predicted molar refractivity (Wildman–Crippen MR) is 178 cm³/mol. The maximum Gasteiger partial charge on any atom is 0.410 e. The van der Waals surface area contributed by atoms with Gasteiger partial charge in [-0.15, -0.1) is 0 Å². The highest BCUT2D eigenvalue weighted by atomic mass is 16.6. The fourth-order valence-electron chi connectivity index (χ4n) is 6.51. The number of rotatable bonds is 10. The second kappa shape index (κ2) is 17.2. The highest BCUT2D eigenvalue weighted by molar-refractivity contribution is 5.70. The molecule has 10 nitrogen and oxygen atoms in total. The molecule has 0 aliphatic carbocycles. The lowest BCUT2D eigenvalue weighted by molar-refractivity contribution is -0.151. The van der Waals surface area contributed by atoms with Crippen LogP contribution >= 0.6 is 0 Å². The van der Waals surface area contributed by atoms with Crippen LogP contribution in [0, 0.1) is 17.8 Å². The van der Waals surface area contributed by atoms with E-state index in [1.807, 2.05) is 45.9 Å². The molecule has 0 aromatic rings. The van der Waals surface area contributed by atoms with E-state index in [1.54, 1.807) is 24.9 Å². The molecule has 3 rings (SSSR count). The number of carbonyl (C=O) groups excluding carboxylic acids is 2. The van der Waals surface area contributed by atoms with Crippen molar-refractivity contribution in [3.63, 3.8) is 0 Å². The second-order valence-corrected chi connectivity index (χ2v) is 14.3. The average Bonchev–Trinajstić information content (AvgIpc) is 3.77. The number of aliphatic hydroxyl groups is 3. The van der Waals surface area contributed by atoms with Crippen molar-refractivity contribution in [1.82, 2.24) is 9.80 Å². The number of nitrogens with zero attached hydrogens (tertiary/aromatic N) is 2. The van der Waals surface area contributed by atoms with Crippen LogP contribution in [0.3, 0.4) is 0 Å². The molecule has 3 aliphatic heterocycles. The number of hydrogen-bond donors (Lipinski definition) is 3. The van der Waals surface area contributed by atoms with Gasteiger partial charge >= 0.3 is 12.1 Å². The minimum Gasteiger partial charge on any atom is -0.457 e.